The lowest BCUT2D eigenvalue weighted by atomic mass is 10.0. The van der Waals surface area contributed by atoms with E-state index in [2.05, 4.69) is 20.9 Å². The summed E-state index contributed by atoms with van der Waals surface area (Å²) in [7, 11) is 0. The Balaban J connectivity index is 1.99. The van der Waals surface area contributed by atoms with Gasteiger partial charge in [0.1, 0.15) is 12.1 Å². The first-order valence-electron chi connectivity index (χ1n) is 11.4. The number of benzene rings is 1. The number of carbonyl (C=O) groups is 5. The van der Waals surface area contributed by atoms with E-state index in [4.69, 9.17) is 16.6 Å². The molecule has 13 nitrogen and oxygen atoms in total. The van der Waals surface area contributed by atoms with E-state index in [0.29, 0.717) is 31.4 Å². The summed E-state index contributed by atoms with van der Waals surface area (Å²) in [5.74, 6) is -5.11. The zero-order valence-corrected chi connectivity index (χ0v) is 19.7. The summed E-state index contributed by atoms with van der Waals surface area (Å²) in [6.07, 6.45) is 2.49. The van der Waals surface area contributed by atoms with Gasteiger partial charge in [0.05, 0.1) is 19.0 Å². The maximum Gasteiger partial charge on any atom is 0.326 e. The Labute approximate surface area is 207 Å². The highest BCUT2D eigenvalue weighted by Gasteiger charge is 2.29. The molecule has 0 aliphatic carbocycles. The molecule has 10 N–H and O–H groups in total. The molecule has 2 aromatic rings. The molecule has 0 fully saturated rings. The lowest BCUT2D eigenvalue weighted by Crippen LogP contribution is -2.54. The molecule has 3 amide bonds. The van der Waals surface area contributed by atoms with Crippen molar-refractivity contribution in [2.24, 2.45) is 11.5 Å². The molecule has 1 aromatic heterocycles. The van der Waals surface area contributed by atoms with E-state index in [0.717, 1.165) is 10.9 Å². The summed E-state index contributed by atoms with van der Waals surface area (Å²) in [5.41, 5.74) is 12.6. The van der Waals surface area contributed by atoms with Crippen LogP contribution in [-0.4, -0.2) is 76.1 Å². The molecule has 0 saturated carbocycles. The molecule has 0 radical (unpaired) electrons. The molecule has 13 heteroatoms. The van der Waals surface area contributed by atoms with Crippen molar-refractivity contribution >= 4 is 40.6 Å². The number of rotatable bonds is 15. The Morgan fingerprint density at radius 3 is 2.36 bits per heavy atom. The van der Waals surface area contributed by atoms with Crippen LogP contribution in [-0.2, 0) is 30.4 Å². The summed E-state index contributed by atoms with van der Waals surface area (Å²) in [6.45, 7) is -0.0706. The van der Waals surface area contributed by atoms with Crippen LogP contribution in [0.3, 0.4) is 0 Å². The molecule has 0 aliphatic heterocycles. The first-order chi connectivity index (χ1) is 17.1. The van der Waals surface area contributed by atoms with Crippen molar-refractivity contribution in [2.45, 2.75) is 50.2 Å². The second kappa shape index (κ2) is 13.8. The summed E-state index contributed by atoms with van der Waals surface area (Å²) in [4.78, 5) is 63.1. The largest absolute Gasteiger partial charge is 0.481 e. The standard InChI is InChI=1S/C23H32N6O7/c24-8-4-3-6-15(25)21(33)27-12-19(30)28-17(10-20(31)32)22(34)29-18(23(35)36)9-13-11-26-16-7-2-1-5-14(13)16/h1-2,5,7,11,15,17-18,26H,3-4,6,8-10,12,24-25H2,(H,27,33)(H,28,30)(H,29,34)(H,31,32)(H,35,36). The Bertz CT molecular complexity index is 1090. The number of nitrogens with one attached hydrogen (secondary N) is 4. The molecule has 0 bridgehead atoms. The van der Waals surface area contributed by atoms with Crippen molar-refractivity contribution in [1.29, 1.82) is 0 Å². The van der Waals surface area contributed by atoms with Crippen LogP contribution in [0.1, 0.15) is 31.2 Å². The number of fused-ring (bicyclic) bond motifs is 1. The third-order valence-corrected chi connectivity index (χ3v) is 5.47. The highest BCUT2D eigenvalue weighted by molar-refractivity contribution is 5.94. The van der Waals surface area contributed by atoms with E-state index >= 15 is 0 Å². The normalized spacial score (nSPS) is 13.4. The Hall–Kier alpha value is -3.97. The highest BCUT2D eigenvalue weighted by atomic mass is 16.4. The molecule has 2 rings (SSSR count). The molecule has 196 valence electrons. The molecule has 0 saturated heterocycles. The van der Waals surface area contributed by atoms with Gasteiger partial charge in [-0.2, -0.15) is 0 Å². The van der Waals surface area contributed by atoms with Gasteiger partial charge in [-0.05, 0) is 31.0 Å². The molecule has 36 heavy (non-hydrogen) atoms. The van der Waals surface area contributed by atoms with Gasteiger partial charge in [-0.1, -0.05) is 24.6 Å². The van der Waals surface area contributed by atoms with E-state index < -0.39 is 60.8 Å². The van der Waals surface area contributed by atoms with Gasteiger partial charge in [-0.25, -0.2) is 4.79 Å². The predicted molar refractivity (Wildman–Crippen MR) is 130 cm³/mol. The van der Waals surface area contributed by atoms with Gasteiger partial charge in [-0.3, -0.25) is 19.2 Å². The first-order valence-corrected chi connectivity index (χ1v) is 11.4. The van der Waals surface area contributed by atoms with E-state index in [1.54, 1.807) is 18.3 Å². The predicted octanol–water partition coefficient (Wildman–Crippen LogP) is -1.19. The van der Waals surface area contributed by atoms with Crippen molar-refractivity contribution in [3.8, 4) is 0 Å². The number of para-hydroxylation sites is 1. The SMILES string of the molecule is NCCCCC(N)C(=O)NCC(=O)NC(CC(=O)O)C(=O)NC(Cc1c[nH]c2ccccc12)C(=O)O. The number of carboxylic acids is 2. The second-order valence-electron chi connectivity index (χ2n) is 8.29. The summed E-state index contributed by atoms with van der Waals surface area (Å²) in [5, 5.41) is 26.4. The number of aliphatic carboxylic acids is 2. The number of H-pyrrole nitrogens is 1. The molecule has 1 heterocycles. The number of aromatic nitrogens is 1. The van der Waals surface area contributed by atoms with Crippen LogP contribution in [0.25, 0.3) is 10.9 Å². The Morgan fingerprint density at radius 1 is 0.972 bits per heavy atom. The number of hydrogen-bond acceptors (Lipinski definition) is 7. The molecular weight excluding hydrogens is 472 g/mol. The van der Waals surface area contributed by atoms with Crippen LogP contribution in [0.2, 0.25) is 0 Å². The topological polar surface area (TPSA) is 230 Å². The summed E-state index contributed by atoms with van der Waals surface area (Å²) < 4.78 is 0. The van der Waals surface area contributed by atoms with Crippen molar-refractivity contribution in [3.05, 3.63) is 36.0 Å². The fourth-order valence-electron chi connectivity index (χ4n) is 3.56. The van der Waals surface area contributed by atoms with Crippen molar-refractivity contribution in [1.82, 2.24) is 20.9 Å². The number of unbranched alkanes of at least 4 members (excludes halogenated alkanes) is 1. The van der Waals surface area contributed by atoms with Gasteiger partial charge in [0.15, 0.2) is 0 Å². The minimum atomic E-state index is -1.56. The quantitative estimate of drug-likeness (QED) is 0.136. The lowest BCUT2D eigenvalue weighted by molar-refractivity contribution is -0.143. The van der Waals surface area contributed by atoms with Crippen LogP contribution in [0, 0.1) is 0 Å². The minimum Gasteiger partial charge on any atom is -0.481 e. The van der Waals surface area contributed by atoms with E-state index in [1.165, 1.54) is 0 Å². The van der Waals surface area contributed by atoms with Crippen LogP contribution in [0.15, 0.2) is 30.5 Å². The summed E-state index contributed by atoms with van der Waals surface area (Å²) in [6, 6.07) is 3.44. The Kier molecular flexibility index (Phi) is 10.8. The number of aromatic amines is 1. The van der Waals surface area contributed by atoms with Gasteiger partial charge in [0.2, 0.25) is 17.7 Å². The molecule has 1 aromatic carbocycles. The molecule has 3 atom stereocenters. The monoisotopic (exact) mass is 504 g/mol. The van der Waals surface area contributed by atoms with Gasteiger partial charge in [0, 0.05) is 23.5 Å². The zero-order chi connectivity index (χ0) is 26.7. The molecule has 0 spiro atoms. The highest BCUT2D eigenvalue weighted by Crippen LogP contribution is 2.19. The first kappa shape index (κ1) is 28.3. The lowest BCUT2D eigenvalue weighted by Gasteiger charge is -2.21. The zero-order valence-electron chi connectivity index (χ0n) is 19.7. The van der Waals surface area contributed by atoms with E-state index in [-0.39, 0.29) is 6.42 Å². The molecule has 3 unspecified atom stereocenters. The second-order valence-corrected chi connectivity index (χ2v) is 8.29. The van der Waals surface area contributed by atoms with Crippen LogP contribution < -0.4 is 27.4 Å². The number of carboxylic acid groups (broad SMARTS) is 2. The maximum absolute atomic E-state index is 12.7. The number of carbonyl (C=O) groups excluding carboxylic acids is 3. The van der Waals surface area contributed by atoms with Crippen molar-refractivity contribution in [3.63, 3.8) is 0 Å². The van der Waals surface area contributed by atoms with Crippen molar-refractivity contribution < 1.29 is 34.2 Å². The van der Waals surface area contributed by atoms with E-state index in [9.17, 15) is 29.1 Å². The minimum absolute atomic E-state index is 0.0725. The fraction of sp³-hybridized carbons (Fsp3) is 0.435. The van der Waals surface area contributed by atoms with Gasteiger partial charge in [0.25, 0.3) is 0 Å². The van der Waals surface area contributed by atoms with Crippen LogP contribution >= 0.6 is 0 Å². The van der Waals surface area contributed by atoms with Gasteiger partial charge < -0.3 is 42.6 Å². The number of amides is 3. The average Bonchev–Trinajstić information content (AvgIpc) is 3.24. The number of nitrogens with two attached hydrogens (primary N) is 2. The third kappa shape index (κ3) is 8.67. The molecular formula is C23H32N6O7. The van der Waals surface area contributed by atoms with Crippen LogP contribution in [0.5, 0.6) is 0 Å². The van der Waals surface area contributed by atoms with Crippen LogP contribution in [0.4, 0.5) is 0 Å². The number of hydrogen-bond donors (Lipinski definition) is 8. The smallest absolute Gasteiger partial charge is 0.326 e. The molecule has 0 aliphatic rings. The third-order valence-electron chi connectivity index (χ3n) is 5.47. The maximum atomic E-state index is 12.7. The van der Waals surface area contributed by atoms with E-state index in [1.807, 2.05) is 12.1 Å². The van der Waals surface area contributed by atoms with Gasteiger partial charge >= 0.3 is 11.9 Å². The summed E-state index contributed by atoms with van der Waals surface area (Å²) >= 11 is 0. The average molecular weight is 505 g/mol. The van der Waals surface area contributed by atoms with Gasteiger partial charge in [-0.15, -0.1) is 0 Å². The van der Waals surface area contributed by atoms with Crippen molar-refractivity contribution in [2.75, 3.05) is 13.1 Å². The fourth-order valence-corrected chi connectivity index (χ4v) is 3.56. The Morgan fingerprint density at radius 2 is 1.69 bits per heavy atom.